The van der Waals surface area contributed by atoms with Crippen LogP contribution in [0.2, 0.25) is 0 Å². The largest absolute Gasteiger partial charge is 1.00 e. The number of carbonyl (C=O) groups is 1. The zero-order chi connectivity index (χ0) is 6.69. The first-order valence-corrected chi connectivity index (χ1v) is 2.78. The van der Waals surface area contributed by atoms with Gasteiger partial charge in [0.05, 0.1) is 0 Å². The minimum Gasteiger partial charge on any atom is -1.00 e. The SMILES string of the molecule is CC(=O)c1cc[nH+]cc1.[Br-]. The van der Waals surface area contributed by atoms with Crippen molar-refractivity contribution in [3.05, 3.63) is 30.1 Å². The molecule has 0 amide bonds. The van der Waals surface area contributed by atoms with Crippen molar-refractivity contribution in [3.8, 4) is 0 Å². The van der Waals surface area contributed by atoms with Crippen LogP contribution in [-0.4, -0.2) is 5.78 Å². The molecule has 0 fully saturated rings. The number of H-pyrrole nitrogens is 1. The molecule has 0 unspecified atom stereocenters. The smallest absolute Gasteiger partial charge is 0.167 e. The van der Waals surface area contributed by atoms with Crippen molar-refractivity contribution >= 4 is 5.78 Å². The van der Waals surface area contributed by atoms with Gasteiger partial charge in [-0.3, -0.25) is 4.79 Å². The van der Waals surface area contributed by atoms with E-state index in [-0.39, 0.29) is 22.8 Å². The molecule has 0 saturated heterocycles. The Labute approximate surface area is 70.1 Å². The van der Waals surface area contributed by atoms with E-state index in [9.17, 15) is 4.79 Å². The van der Waals surface area contributed by atoms with Gasteiger partial charge < -0.3 is 17.0 Å². The maximum absolute atomic E-state index is 10.6. The number of Topliss-reactive ketones (excluding diaryl/α,β-unsaturated/α-hetero) is 1. The second kappa shape index (κ2) is 4.17. The van der Waals surface area contributed by atoms with Gasteiger partial charge in [0.2, 0.25) is 0 Å². The average Bonchev–Trinajstić information content (AvgIpc) is 1.90. The highest BCUT2D eigenvalue weighted by Gasteiger charge is 1.96. The molecule has 3 heteroatoms. The standard InChI is InChI=1S/C7H7NO.BrH/c1-6(9)7-2-4-8-5-3-7;/h2-5H,1H3;1H. The molecule has 1 rings (SSSR count). The number of aromatic amines is 1. The van der Waals surface area contributed by atoms with Crippen molar-refractivity contribution in [2.75, 3.05) is 0 Å². The number of nitrogens with one attached hydrogen (secondary N) is 1. The normalized spacial score (nSPS) is 8.10. The molecule has 0 aliphatic carbocycles. The van der Waals surface area contributed by atoms with Gasteiger partial charge in [-0.2, -0.15) is 0 Å². The summed E-state index contributed by atoms with van der Waals surface area (Å²) in [4.78, 5) is 13.5. The lowest BCUT2D eigenvalue weighted by molar-refractivity contribution is -0.378. The Balaban J connectivity index is 0.000000810. The van der Waals surface area contributed by atoms with Crippen molar-refractivity contribution in [2.45, 2.75) is 6.92 Å². The molecule has 0 radical (unpaired) electrons. The molecule has 0 saturated carbocycles. The topological polar surface area (TPSA) is 31.2 Å². The van der Waals surface area contributed by atoms with E-state index in [4.69, 9.17) is 0 Å². The Hall–Kier alpha value is -0.700. The molecule has 0 bridgehead atoms. The van der Waals surface area contributed by atoms with Crippen molar-refractivity contribution in [1.29, 1.82) is 0 Å². The summed E-state index contributed by atoms with van der Waals surface area (Å²) in [6, 6.07) is 3.50. The Morgan fingerprint density at radius 2 is 1.90 bits per heavy atom. The van der Waals surface area contributed by atoms with Crippen LogP contribution in [0.4, 0.5) is 0 Å². The van der Waals surface area contributed by atoms with Crippen molar-refractivity contribution < 1.29 is 26.8 Å². The summed E-state index contributed by atoms with van der Waals surface area (Å²) in [6.07, 6.45) is 3.47. The summed E-state index contributed by atoms with van der Waals surface area (Å²) in [5.74, 6) is 0.101. The van der Waals surface area contributed by atoms with Crippen LogP contribution in [0.15, 0.2) is 24.5 Å². The van der Waals surface area contributed by atoms with E-state index < -0.39 is 0 Å². The van der Waals surface area contributed by atoms with E-state index in [2.05, 4.69) is 4.98 Å². The number of carbonyl (C=O) groups excluding carboxylic acids is 1. The fourth-order valence-electron chi connectivity index (χ4n) is 0.622. The summed E-state index contributed by atoms with van der Waals surface area (Å²) in [7, 11) is 0. The van der Waals surface area contributed by atoms with Crippen LogP contribution < -0.4 is 22.0 Å². The van der Waals surface area contributed by atoms with Gasteiger partial charge in [0.1, 0.15) is 0 Å². The second-order valence-electron chi connectivity index (χ2n) is 1.84. The molecule has 0 spiro atoms. The molecule has 2 nitrogen and oxygen atoms in total. The van der Waals surface area contributed by atoms with Gasteiger partial charge in [-0.1, -0.05) is 0 Å². The molecule has 0 aromatic carbocycles. The summed E-state index contributed by atoms with van der Waals surface area (Å²) in [5, 5.41) is 0. The molecule has 0 atom stereocenters. The van der Waals surface area contributed by atoms with Crippen LogP contribution >= 0.6 is 0 Å². The maximum Gasteiger partial charge on any atom is 0.167 e. The zero-order valence-corrected chi connectivity index (χ0v) is 7.18. The number of pyridine rings is 1. The monoisotopic (exact) mass is 201 g/mol. The Bertz CT molecular complexity index is 210. The van der Waals surface area contributed by atoms with E-state index in [1.807, 2.05) is 0 Å². The van der Waals surface area contributed by atoms with Crippen molar-refractivity contribution in [1.82, 2.24) is 0 Å². The quantitative estimate of drug-likeness (QED) is 0.471. The lowest BCUT2D eigenvalue weighted by Crippen LogP contribution is -3.00. The van der Waals surface area contributed by atoms with Crippen LogP contribution in [0.25, 0.3) is 0 Å². The zero-order valence-electron chi connectivity index (χ0n) is 5.60. The molecular weight excluding hydrogens is 194 g/mol. The molecular formula is C7H8BrNO. The summed E-state index contributed by atoms with van der Waals surface area (Å²) in [6.45, 7) is 1.55. The summed E-state index contributed by atoms with van der Waals surface area (Å²) >= 11 is 0. The minimum atomic E-state index is 0. The molecule has 1 aromatic heterocycles. The van der Waals surface area contributed by atoms with Crippen LogP contribution in [-0.2, 0) is 0 Å². The number of rotatable bonds is 1. The molecule has 1 heterocycles. The van der Waals surface area contributed by atoms with Gasteiger partial charge in [-0.15, -0.1) is 0 Å². The van der Waals surface area contributed by atoms with Crippen LogP contribution in [0, 0.1) is 0 Å². The first-order chi connectivity index (χ1) is 4.30. The van der Waals surface area contributed by atoms with Gasteiger partial charge in [0.25, 0.3) is 0 Å². The molecule has 54 valence electrons. The fraction of sp³-hybridized carbons (Fsp3) is 0.143. The number of aromatic nitrogens is 1. The first-order valence-electron chi connectivity index (χ1n) is 2.78. The lowest BCUT2D eigenvalue weighted by Gasteiger charge is -1.85. The van der Waals surface area contributed by atoms with Gasteiger partial charge >= 0.3 is 0 Å². The van der Waals surface area contributed by atoms with Gasteiger partial charge in [0, 0.05) is 17.7 Å². The highest BCUT2D eigenvalue weighted by Crippen LogP contribution is 1.93. The van der Waals surface area contributed by atoms with E-state index >= 15 is 0 Å². The predicted molar refractivity (Wildman–Crippen MR) is 33.0 cm³/mol. The highest BCUT2D eigenvalue weighted by atomic mass is 79.9. The first kappa shape index (κ1) is 9.30. The molecule has 10 heavy (non-hydrogen) atoms. The Morgan fingerprint density at radius 3 is 2.20 bits per heavy atom. The van der Waals surface area contributed by atoms with E-state index in [0.29, 0.717) is 0 Å². The third-order valence-corrected chi connectivity index (χ3v) is 1.12. The number of hydrogen-bond donors (Lipinski definition) is 0. The van der Waals surface area contributed by atoms with E-state index in [0.717, 1.165) is 5.56 Å². The Kier molecular flexibility index (Phi) is 3.88. The highest BCUT2D eigenvalue weighted by molar-refractivity contribution is 5.93. The third kappa shape index (κ3) is 2.27. The van der Waals surface area contributed by atoms with E-state index in [1.165, 1.54) is 0 Å². The van der Waals surface area contributed by atoms with E-state index in [1.54, 1.807) is 31.5 Å². The predicted octanol–water partition coefficient (Wildman–Crippen LogP) is -2.29. The minimum absolute atomic E-state index is 0. The number of hydrogen-bond acceptors (Lipinski definition) is 1. The van der Waals surface area contributed by atoms with Crippen molar-refractivity contribution in [2.24, 2.45) is 0 Å². The number of ketones is 1. The molecule has 1 N–H and O–H groups in total. The van der Waals surface area contributed by atoms with Gasteiger partial charge in [0.15, 0.2) is 18.2 Å². The van der Waals surface area contributed by atoms with Gasteiger partial charge in [-0.05, 0) is 6.92 Å². The maximum atomic E-state index is 10.6. The molecule has 0 aliphatic rings. The van der Waals surface area contributed by atoms with Crippen molar-refractivity contribution in [3.63, 3.8) is 0 Å². The fourth-order valence-corrected chi connectivity index (χ4v) is 0.622. The summed E-state index contributed by atoms with van der Waals surface area (Å²) < 4.78 is 0. The lowest BCUT2D eigenvalue weighted by atomic mass is 10.2. The molecule has 1 aromatic rings. The molecule has 0 aliphatic heterocycles. The van der Waals surface area contributed by atoms with Gasteiger partial charge in [-0.25, -0.2) is 4.98 Å². The second-order valence-corrected chi connectivity index (χ2v) is 1.84. The number of halogens is 1. The Morgan fingerprint density at radius 1 is 1.40 bits per heavy atom. The van der Waals surface area contributed by atoms with Crippen LogP contribution in [0.1, 0.15) is 17.3 Å². The third-order valence-electron chi connectivity index (χ3n) is 1.12. The van der Waals surface area contributed by atoms with Crippen LogP contribution in [0.5, 0.6) is 0 Å². The average molecular weight is 202 g/mol. The van der Waals surface area contributed by atoms with Crippen LogP contribution in [0.3, 0.4) is 0 Å². The summed E-state index contributed by atoms with van der Waals surface area (Å²) in [5.41, 5.74) is 0.744.